The molecule has 0 heterocycles. The number of carbonyl (C=O) groups excluding carboxylic acids is 1. The molecule has 4 nitrogen and oxygen atoms in total. The first-order valence-electron chi connectivity index (χ1n) is 6.65. The average molecular weight is 342 g/mol. The highest BCUT2D eigenvalue weighted by Gasteiger charge is 2.14. The van der Waals surface area contributed by atoms with Crippen LogP contribution in [0.25, 0.3) is 0 Å². The van der Waals surface area contributed by atoms with Crippen molar-refractivity contribution in [3.63, 3.8) is 0 Å². The number of rotatable bonds is 6. The lowest BCUT2D eigenvalue weighted by Crippen LogP contribution is -2.22. The fraction of sp³-hybridized carbons (Fsp3) is 0.188. The van der Waals surface area contributed by atoms with Gasteiger partial charge in [0.15, 0.2) is 11.5 Å². The topological polar surface area (TPSA) is 47.6 Å². The van der Waals surface area contributed by atoms with Crippen LogP contribution in [0.15, 0.2) is 42.5 Å². The summed E-state index contributed by atoms with van der Waals surface area (Å²) < 4.78 is 34.0. The summed E-state index contributed by atoms with van der Waals surface area (Å²) in [7, 11) is 1.33. The third-order valence-corrected chi connectivity index (χ3v) is 3.26. The van der Waals surface area contributed by atoms with E-state index in [0.29, 0.717) is 5.02 Å². The lowest BCUT2D eigenvalue weighted by molar-refractivity contribution is -0.0512. The summed E-state index contributed by atoms with van der Waals surface area (Å²) in [5.41, 5.74) is 1.05. The lowest BCUT2D eigenvalue weighted by Gasteiger charge is -2.11. The number of methoxy groups -OCH3 is 1. The van der Waals surface area contributed by atoms with E-state index >= 15 is 0 Å². The normalized spacial score (nSPS) is 10.5. The summed E-state index contributed by atoms with van der Waals surface area (Å²) >= 11 is 5.78. The highest BCUT2D eigenvalue weighted by atomic mass is 35.5. The number of halogens is 3. The van der Waals surface area contributed by atoms with Gasteiger partial charge in [0.1, 0.15) is 0 Å². The minimum absolute atomic E-state index is 0.125. The number of nitrogens with one attached hydrogen (secondary N) is 1. The molecule has 0 fully saturated rings. The van der Waals surface area contributed by atoms with Gasteiger partial charge >= 0.3 is 6.61 Å². The predicted octanol–water partition coefficient (Wildman–Crippen LogP) is 3.88. The Morgan fingerprint density at radius 3 is 2.48 bits per heavy atom. The van der Waals surface area contributed by atoms with E-state index in [9.17, 15) is 13.6 Å². The van der Waals surface area contributed by atoms with Gasteiger partial charge in [-0.1, -0.05) is 23.7 Å². The maximum atomic E-state index is 12.4. The number of carbonyl (C=O) groups is 1. The lowest BCUT2D eigenvalue weighted by atomic mass is 10.1. The van der Waals surface area contributed by atoms with Crippen LogP contribution in [0.3, 0.4) is 0 Å². The molecule has 0 spiro atoms. The Bertz CT molecular complexity index is 678. The molecule has 2 aromatic carbocycles. The summed E-state index contributed by atoms with van der Waals surface area (Å²) in [4.78, 5) is 12.1. The largest absolute Gasteiger partial charge is 0.493 e. The van der Waals surface area contributed by atoms with Crippen molar-refractivity contribution in [1.29, 1.82) is 0 Å². The van der Waals surface area contributed by atoms with Gasteiger partial charge < -0.3 is 14.8 Å². The van der Waals surface area contributed by atoms with Crippen molar-refractivity contribution in [3.8, 4) is 11.5 Å². The number of hydrogen-bond donors (Lipinski definition) is 1. The third kappa shape index (κ3) is 4.82. The van der Waals surface area contributed by atoms with Crippen LogP contribution in [-0.2, 0) is 6.54 Å². The van der Waals surface area contributed by atoms with Gasteiger partial charge in [0.05, 0.1) is 7.11 Å². The standard InChI is InChI=1S/C16H14ClF2NO3/c1-22-13-7-4-11(8-14(13)23-16(18)19)15(21)20-9-10-2-5-12(17)6-3-10/h2-8,16H,9H2,1H3,(H,20,21). The highest BCUT2D eigenvalue weighted by Crippen LogP contribution is 2.29. The number of ether oxygens (including phenoxy) is 2. The van der Waals surface area contributed by atoms with E-state index in [1.54, 1.807) is 24.3 Å². The number of alkyl halides is 2. The van der Waals surface area contributed by atoms with E-state index in [-0.39, 0.29) is 23.6 Å². The second kappa shape index (κ2) is 7.78. The zero-order chi connectivity index (χ0) is 16.8. The van der Waals surface area contributed by atoms with Crippen LogP contribution >= 0.6 is 11.6 Å². The Hall–Kier alpha value is -2.34. The smallest absolute Gasteiger partial charge is 0.387 e. The molecule has 1 amide bonds. The Kier molecular flexibility index (Phi) is 5.76. The summed E-state index contributed by atoms with van der Waals surface area (Å²) in [5.74, 6) is -0.483. The Morgan fingerprint density at radius 2 is 1.87 bits per heavy atom. The second-order valence-corrected chi connectivity index (χ2v) is 4.99. The van der Waals surface area contributed by atoms with Gasteiger partial charge in [-0.3, -0.25) is 4.79 Å². The molecule has 0 atom stereocenters. The Labute approximate surface area is 137 Å². The van der Waals surface area contributed by atoms with Crippen molar-refractivity contribution in [3.05, 3.63) is 58.6 Å². The number of benzene rings is 2. The monoisotopic (exact) mass is 341 g/mol. The zero-order valence-corrected chi connectivity index (χ0v) is 12.9. The first kappa shape index (κ1) is 17.0. The summed E-state index contributed by atoms with van der Waals surface area (Å²) in [5, 5.41) is 3.29. The van der Waals surface area contributed by atoms with Crippen LogP contribution in [0.5, 0.6) is 11.5 Å². The van der Waals surface area contributed by atoms with Gasteiger partial charge in [0.25, 0.3) is 5.91 Å². The molecular weight excluding hydrogens is 328 g/mol. The van der Waals surface area contributed by atoms with Gasteiger partial charge in [-0.05, 0) is 35.9 Å². The van der Waals surface area contributed by atoms with Crippen molar-refractivity contribution in [1.82, 2.24) is 5.32 Å². The van der Waals surface area contributed by atoms with E-state index in [1.807, 2.05) is 0 Å². The quantitative estimate of drug-likeness (QED) is 0.867. The van der Waals surface area contributed by atoms with Crippen LogP contribution in [0.4, 0.5) is 8.78 Å². The van der Waals surface area contributed by atoms with E-state index in [2.05, 4.69) is 10.1 Å². The summed E-state index contributed by atoms with van der Waals surface area (Å²) in [6, 6.07) is 11.1. The van der Waals surface area contributed by atoms with Gasteiger partial charge in [0, 0.05) is 17.1 Å². The molecule has 0 aliphatic rings. The van der Waals surface area contributed by atoms with Gasteiger partial charge in [-0.15, -0.1) is 0 Å². The average Bonchev–Trinajstić information content (AvgIpc) is 2.53. The van der Waals surface area contributed by atoms with Crippen molar-refractivity contribution < 1.29 is 23.0 Å². The molecule has 122 valence electrons. The second-order valence-electron chi connectivity index (χ2n) is 4.55. The van der Waals surface area contributed by atoms with E-state index in [1.165, 1.54) is 25.3 Å². The number of amides is 1. The van der Waals surface area contributed by atoms with Crippen LogP contribution in [0.2, 0.25) is 5.02 Å². The van der Waals surface area contributed by atoms with Gasteiger partial charge in [0.2, 0.25) is 0 Å². The highest BCUT2D eigenvalue weighted by molar-refractivity contribution is 6.30. The van der Waals surface area contributed by atoms with E-state index < -0.39 is 12.5 Å². The minimum atomic E-state index is -3.00. The Balaban J connectivity index is 2.07. The molecule has 0 saturated carbocycles. The summed E-state index contributed by atoms with van der Waals surface area (Å²) in [6.07, 6.45) is 0. The van der Waals surface area contributed by atoms with Crippen LogP contribution < -0.4 is 14.8 Å². The molecule has 7 heteroatoms. The molecule has 0 aliphatic heterocycles. The SMILES string of the molecule is COc1ccc(C(=O)NCc2ccc(Cl)cc2)cc1OC(F)F. The number of hydrogen-bond acceptors (Lipinski definition) is 3. The van der Waals surface area contributed by atoms with E-state index in [0.717, 1.165) is 5.56 Å². The van der Waals surface area contributed by atoms with Crippen molar-refractivity contribution in [2.45, 2.75) is 13.2 Å². The molecule has 0 bridgehead atoms. The van der Waals surface area contributed by atoms with Crippen molar-refractivity contribution in [2.24, 2.45) is 0 Å². The molecule has 23 heavy (non-hydrogen) atoms. The predicted molar refractivity (Wildman–Crippen MR) is 82.2 cm³/mol. The minimum Gasteiger partial charge on any atom is -0.493 e. The van der Waals surface area contributed by atoms with Gasteiger partial charge in [-0.2, -0.15) is 8.78 Å². The molecule has 0 aliphatic carbocycles. The molecule has 0 saturated heterocycles. The first-order valence-corrected chi connectivity index (χ1v) is 7.03. The zero-order valence-electron chi connectivity index (χ0n) is 12.2. The van der Waals surface area contributed by atoms with Crippen LogP contribution in [0.1, 0.15) is 15.9 Å². The molecule has 1 N–H and O–H groups in total. The van der Waals surface area contributed by atoms with Crippen LogP contribution in [0, 0.1) is 0 Å². The van der Waals surface area contributed by atoms with Crippen molar-refractivity contribution in [2.75, 3.05) is 7.11 Å². The maximum Gasteiger partial charge on any atom is 0.387 e. The molecular formula is C16H14ClF2NO3. The fourth-order valence-corrected chi connectivity index (χ4v) is 2.02. The molecule has 0 aromatic heterocycles. The van der Waals surface area contributed by atoms with Crippen molar-refractivity contribution >= 4 is 17.5 Å². The van der Waals surface area contributed by atoms with Gasteiger partial charge in [-0.25, -0.2) is 0 Å². The molecule has 0 unspecified atom stereocenters. The molecule has 0 radical (unpaired) electrons. The molecule has 2 rings (SSSR count). The third-order valence-electron chi connectivity index (χ3n) is 3.01. The van der Waals surface area contributed by atoms with Crippen LogP contribution in [-0.4, -0.2) is 19.6 Å². The summed E-state index contributed by atoms with van der Waals surface area (Å²) in [6.45, 7) is -2.72. The maximum absolute atomic E-state index is 12.4. The fourth-order valence-electron chi connectivity index (χ4n) is 1.89. The first-order chi connectivity index (χ1) is 11.0. The Morgan fingerprint density at radius 1 is 1.17 bits per heavy atom. The van der Waals surface area contributed by atoms with E-state index in [4.69, 9.17) is 16.3 Å². The molecule has 2 aromatic rings.